The van der Waals surface area contributed by atoms with Gasteiger partial charge in [0, 0.05) is 18.3 Å². The van der Waals surface area contributed by atoms with E-state index in [4.69, 9.17) is 0 Å². The van der Waals surface area contributed by atoms with Gasteiger partial charge in [0.25, 0.3) is 0 Å². The van der Waals surface area contributed by atoms with Crippen LogP contribution in [0.3, 0.4) is 0 Å². The summed E-state index contributed by atoms with van der Waals surface area (Å²) >= 11 is 0. The summed E-state index contributed by atoms with van der Waals surface area (Å²) in [5, 5.41) is 13.7. The number of anilines is 3. The van der Waals surface area contributed by atoms with E-state index in [-0.39, 0.29) is 12.1 Å². The van der Waals surface area contributed by atoms with E-state index in [0.29, 0.717) is 5.82 Å². The number of hydrogen-bond acceptors (Lipinski definition) is 4. The largest absolute Gasteiger partial charge is 0.336 e. The molecule has 0 fully saturated rings. The summed E-state index contributed by atoms with van der Waals surface area (Å²) in [5.74, 6) is 1.17. The molecule has 0 bridgehead atoms. The van der Waals surface area contributed by atoms with E-state index in [0.717, 1.165) is 18.1 Å². The Balaban J connectivity index is 2.12. The smallest absolute Gasteiger partial charge is 0.320 e. The number of aromatic nitrogens is 2. The highest BCUT2D eigenvalue weighted by Gasteiger charge is 2.10. The maximum Gasteiger partial charge on any atom is 0.320 e. The van der Waals surface area contributed by atoms with Gasteiger partial charge in [-0.2, -0.15) is 0 Å². The van der Waals surface area contributed by atoms with Crippen LogP contribution in [0.15, 0.2) is 36.4 Å². The maximum atomic E-state index is 11.7. The molecule has 1 heterocycles. The van der Waals surface area contributed by atoms with E-state index in [2.05, 4.69) is 51.7 Å². The van der Waals surface area contributed by atoms with Gasteiger partial charge in [-0.05, 0) is 57.5 Å². The van der Waals surface area contributed by atoms with Crippen molar-refractivity contribution in [3.8, 4) is 0 Å². The molecule has 0 aliphatic heterocycles. The summed E-state index contributed by atoms with van der Waals surface area (Å²) in [6.07, 6.45) is 0. The molecule has 0 aliphatic carbocycles. The quantitative estimate of drug-likeness (QED) is 0.886. The van der Waals surface area contributed by atoms with Gasteiger partial charge in [0.05, 0.1) is 0 Å². The number of urea groups is 1. The molecule has 0 aliphatic rings. The minimum atomic E-state index is -0.284. The van der Waals surface area contributed by atoms with Gasteiger partial charge in [-0.1, -0.05) is 12.1 Å². The van der Waals surface area contributed by atoms with Crippen molar-refractivity contribution >= 4 is 23.4 Å². The lowest BCUT2D eigenvalue weighted by molar-refractivity contribution is 0.250. The Hall–Kier alpha value is -2.63. The first kappa shape index (κ1) is 16.7. The Morgan fingerprint density at radius 2 is 2.00 bits per heavy atom. The summed E-state index contributed by atoms with van der Waals surface area (Å²) < 4.78 is 0. The standard InChI is InChI=1S/C17H23N5O/c1-5-22(14-8-6-7-13(4)11-14)16-10-9-15(20-21-16)19-17(23)18-12(2)3/h6-12H,5H2,1-4H3,(H2,18,19,20,23). The number of aryl methyl sites for hydroxylation is 1. The van der Waals surface area contributed by atoms with Crippen molar-refractivity contribution in [3.63, 3.8) is 0 Å². The lowest BCUT2D eigenvalue weighted by atomic mass is 10.2. The molecule has 6 heteroatoms. The van der Waals surface area contributed by atoms with Crippen LogP contribution in [0.2, 0.25) is 0 Å². The predicted molar refractivity (Wildman–Crippen MR) is 93.2 cm³/mol. The Bertz CT molecular complexity index is 654. The van der Waals surface area contributed by atoms with E-state index < -0.39 is 0 Å². The summed E-state index contributed by atoms with van der Waals surface area (Å²) in [4.78, 5) is 13.7. The van der Waals surface area contributed by atoms with Crippen LogP contribution >= 0.6 is 0 Å². The minimum absolute atomic E-state index is 0.0686. The Kier molecular flexibility index (Phi) is 5.51. The molecule has 0 unspecified atom stereocenters. The molecular weight excluding hydrogens is 290 g/mol. The first-order valence-electron chi connectivity index (χ1n) is 7.75. The third-order valence-electron chi connectivity index (χ3n) is 3.22. The zero-order valence-corrected chi connectivity index (χ0v) is 14.0. The third kappa shape index (κ3) is 4.67. The normalized spacial score (nSPS) is 10.5. The number of benzene rings is 1. The predicted octanol–water partition coefficient (Wildman–Crippen LogP) is 3.47. The number of hydrogen-bond donors (Lipinski definition) is 2. The molecule has 0 spiro atoms. The van der Waals surface area contributed by atoms with E-state index in [1.807, 2.05) is 32.0 Å². The highest BCUT2D eigenvalue weighted by molar-refractivity contribution is 5.88. The average molecular weight is 313 g/mol. The van der Waals surface area contributed by atoms with Gasteiger partial charge in [-0.15, -0.1) is 10.2 Å². The average Bonchev–Trinajstić information content (AvgIpc) is 2.49. The summed E-state index contributed by atoms with van der Waals surface area (Å²) in [6, 6.07) is 11.6. The van der Waals surface area contributed by atoms with Crippen LogP contribution in [0, 0.1) is 6.92 Å². The second-order valence-corrected chi connectivity index (χ2v) is 5.61. The molecule has 0 saturated carbocycles. The van der Waals surface area contributed by atoms with E-state index in [1.165, 1.54) is 5.56 Å². The first-order chi connectivity index (χ1) is 11.0. The second kappa shape index (κ2) is 7.58. The van der Waals surface area contributed by atoms with Crippen LogP contribution in [0.1, 0.15) is 26.3 Å². The van der Waals surface area contributed by atoms with E-state index in [1.54, 1.807) is 6.07 Å². The summed E-state index contributed by atoms with van der Waals surface area (Å²) in [5.41, 5.74) is 2.26. The van der Waals surface area contributed by atoms with Gasteiger partial charge in [-0.3, -0.25) is 5.32 Å². The molecule has 2 amide bonds. The molecule has 2 N–H and O–H groups in total. The highest BCUT2D eigenvalue weighted by Crippen LogP contribution is 2.23. The van der Waals surface area contributed by atoms with Crippen LogP contribution in [0.25, 0.3) is 0 Å². The lowest BCUT2D eigenvalue weighted by Crippen LogP contribution is -2.34. The topological polar surface area (TPSA) is 70.2 Å². The van der Waals surface area contributed by atoms with Crippen molar-refractivity contribution in [1.29, 1.82) is 0 Å². The number of nitrogens with zero attached hydrogens (tertiary/aromatic N) is 3. The molecule has 0 saturated heterocycles. The fraction of sp³-hybridized carbons (Fsp3) is 0.353. The van der Waals surface area contributed by atoms with Gasteiger partial charge < -0.3 is 10.2 Å². The molecule has 2 rings (SSSR count). The van der Waals surface area contributed by atoms with Crippen molar-refractivity contribution in [1.82, 2.24) is 15.5 Å². The number of carbonyl (C=O) groups excluding carboxylic acids is 1. The first-order valence-corrected chi connectivity index (χ1v) is 7.75. The number of rotatable bonds is 5. The van der Waals surface area contributed by atoms with Crippen LogP contribution in [0.4, 0.5) is 22.1 Å². The van der Waals surface area contributed by atoms with E-state index >= 15 is 0 Å². The third-order valence-corrected chi connectivity index (χ3v) is 3.22. The zero-order valence-electron chi connectivity index (χ0n) is 14.0. The van der Waals surface area contributed by atoms with Crippen LogP contribution in [0.5, 0.6) is 0 Å². The van der Waals surface area contributed by atoms with Crippen LogP contribution in [-0.4, -0.2) is 28.8 Å². The van der Waals surface area contributed by atoms with E-state index in [9.17, 15) is 4.79 Å². The Morgan fingerprint density at radius 3 is 2.57 bits per heavy atom. The number of nitrogens with one attached hydrogen (secondary N) is 2. The fourth-order valence-electron chi connectivity index (χ4n) is 2.22. The minimum Gasteiger partial charge on any atom is -0.336 e. The molecule has 0 atom stereocenters. The molecule has 0 radical (unpaired) electrons. The zero-order chi connectivity index (χ0) is 16.8. The molecular formula is C17H23N5O. The van der Waals surface area contributed by atoms with Crippen molar-refractivity contribution in [2.24, 2.45) is 0 Å². The van der Waals surface area contributed by atoms with Gasteiger partial charge in [0.15, 0.2) is 11.6 Å². The Morgan fingerprint density at radius 1 is 1.22 bits per heavy atom. The van der Waals surface area contributed by atoms with Crippen molar-refractivity contribution in [2.45, 2.75) is 33.7 Å². The molecule has 122 valence electrons. The van der Waals surface area contributed by atoms with Crippen LogP contribution in [-0.2, 0) is 0 Å². The van der Waals surface area contributed by atoms with Crippen LogP contribution < -0.4 is 15.5 Å². The molecule has 1 aromatic heterocycles. The SMILES string of the molecule is CCN(c1cccc(C)c1)c1ccc(NC(=O)NC(C)C)nn1. The fourth-order valence-corrected chi connectivity index (χ4v) is 2.22. The highest BCUT2D eigenvalue weighted by atomic mass is 16.2. The maximum absolute atomic E-state index is 11.7. The monoisotopic (exact) mass is 313 g/mol. The van der Waals surface area contributed by atoms with Gasteiger partial charge in [0.2, 0.25) is 0 Å². The second-order valence-electron chi connectivity index (χ2n) is 5.61. The van der Waals surface area contributed by atoms with Crippen molar-refractivity contribution < 1.29 is 4.79 Å². The molecule has 1 aromatic carbocycles. The van der Waals surface area contributed by atoms with Gasteiger partial charge in [-0.25, -0.2) is 4.79 Å². The lowest BCUT2D eigenvalue weighted by Gasteiger charge is -2.22. The van der Waals surface area contributed by atoms with Crippen molar-refractivity contribution in [3.05, 3.63) is 42.0 Å². The summed E-state index contributed by atoms with van der Waals surface area (Å²) in [6.45, 7) is 8.69. The van der Waals surface area contributed by atoms with Crippen molar-refractivity contribution in [2.75, 3.05) is 16.8 Å². The number of amides is 2. The Labute approximate surface area is 136 Å². The molecule has 6 nitrogen and oxygen atoms in total. The molecule has 2 aromatic rings. The van der Waals surface area contributed by atoms with Gasteiger partial charge >= 0.3 is 6.03 Å². The van der Waals surface area contributed by atoms with Gasteiger partial charge in [0.1, 0.15) is 0 Å². The molecule has 23 heavy (non-hydrogen) atoms. The number of carbonyl (C=O) groups is 1. The summed E-state index contributed by atoms with van der Waals surface area (Å²) in [7, 11) is 0.